The number of rotatable bonds is 2. The van der Waals surface area contributed by atoms with E-state index in [0.717, 1.165) is 0 Å². The molecule has 0 radical (unpaired) electrons. The van der Waals surface area contributed by atoms with Crippen LogP contribution in [0, 0.1) is 0 Å². The number of carbonyl (C=O) groups is 2. The Balaban J connectivity index is 1.82. The Kier molecular flexibility index (Phi) is 3.66. The first-order valence-electron chi connectivity index (χ1n) is 9.18. The zero-order valence-corrected chi connectivity index (χ0v) is 15.7. The minimum atomic E-state index is -1.32. The van der Waals surface area contributed by atoms with Crippen molar-refractivity contribution in [1.82, 2.24) is 9.55 Å². The van der Waals surface area contributed by atoms with Crippen molar-refractivity contribution in [2.24, 2.45) is 7.05 Å². The summed E-state index contributed by atoms with van der Waals surface area (Å²) >= 11 is 0. The Labute approximate surface area is 169 Å². The van der Waals surface area contributed by atoms with Gasteiger partial charge in [0.2, 0.25) is 0 Å². The Morgan fingerprint density at radius 3 is 2.33 bits per heavy atom. The second kappa shape index (κ2) is 6.15. The summed E-state index contributed by atoms with van der Waals surface area (Å²) in [6.45, 7) is 0. The molecule has 0 unspecified atom stereocenters. The van der Waals surface area contributed by atoms with Gasteiger partial charge in [-0.1, -0.05) is 48.5 Å². The molecule has 2 aliphatic rings. The van der Waals surface area contributed by atoms with E-state index in [2.05, 4.69) is 10.3 Å². The Bertz CT molecular complexity index is 1410. The lowest BCUT2D eigenvalue weighted by molar-refractivity contribution is -0.255. The minimum absolute atomic E-state index is 0.0162. The molecule has 2 N–H and O–H groups in total. The molecule has 5 rings (SSSR count). The van der Waals surface area contributed by atoms with Crippen molar-refractivity contribution in [3.63, 3.8) is 0 Å². The number of anilines is 1. The number of carboxylic acids is 1. The van der Waals surface area contributed by atoms with Crippen LogP contribution < -0.4 is 21.7 Å². The van der Waals surface area contributed by atoms with E-state index in [0.29, 0.717) is 33.8 Å². The van der Waals surface area contributed by atoms with E-state index in [9.17, 15) is 24.3 Å². The molecule has 2 aromatic carbocycles. The number of nitrogens with one attached hydrogen (secondary N) is 2. The zero-order valence-electron chi connectivity index (χ0n) is 15.7. The van der Waals surface area contributed by atoms with Crippen molar-refractivity contribution < 1.29 is 14.7 Å². The van der Waals surface area contributed by atoms with Crippen molar-refractivity contribution in [2.75, 3.05) is 5.32 Å². The number of ketones is 1. The second-order valence-corrected chi connectivity index (χ2v) is 7.21. The number of benzene rings is 2. The fourth-order valence-electron chi connectivity index (χ4n) is 4.18. The first-order chi connectivity index (χ1) is 14.4. The summed E-state index contributed by atoms with van der Waals surface area (Å²) in [4.78, 5) is 51.7. The third-order valence-electron chi connectivity index (χ3n) is 5.62. The van der Waals surface area contributed by atoms with Gasteiger partial charge in [-0.3, -0.25) is 19.1 Å². The number of fused-ring (bicyclic) bond motifs is 3. The van der Waals surface area contributed by atoms with Crippen LogP contribution in [0.4, 0.5) is 5.82 Å². The van der Waals surface area contributed by atoms with E-state index in [1.54, 1.807) is 36.4 Å². The third-order valence-corrected chi connectivity index (χ3v) is 5.62. The lowest BCUT2D eigenvalue weighted by Gasteiger charge is -2.29. The van der Waals surface area contributed by atoms with Crippen LogP contribution in [0.25, 0.3) is 5.70 Å². The molecule has 1 aliphatic heterocycles. The average Bonchev–Trinajstić information content (AvgIpc) is 3.03. The van der Waals surface area contributed by atoms with Gasteiger partial charge >= 0.3 is 5.69 Å². The maximum absolute atomic E-state index is 13.3. The summed E-state index contributed by atoms with van der Waals surface area (Å²) in [5.41, 5.74) is 1.68. The Morgan fingerprint density at radius 2 is 1.67 bits per heavy atom. The van der Waals surface area contributed by atoms with Crippen LogP contribution in [0.15, 0.2) is 63.7 Å². The highest BCUT2D eigenvalue weighted by molar-refractivity contribution is 6.23. The largest absolute Gasteiger partial charge is 0.545 e. The molecular formula is C22H14N3O5-. The highest BCUT2D eigenvalue weighted by Gasteiger charge is 2.42. The summed E-state index contributed by atoms with van der Waals surface area (Å²) in [6.07, 6.45) is 0. The van der Waals surface area contributed by atoms with E-state index >= 15 is 0 Å². The van der Waals surface area contributed by atoms with Gasteiger partial charge in [-0.2, -0.15) is 0 Å². The third kappa shape index (κ3) is 2.33. The molecule has 0 bridgehead atoms. The Hall–Kier alpha value is -4.20. The van der Waals surface area contributed by atoms with Crippen molar-refractivity contribution >= 4 is 23.3 Å². The number of H-pyrrole nitrogens is 1. The molecule has 0 fully saturated rings. The van der Waals surface area contributed by atoms with Gasteiger partial charge in [0.05, 0.1) is 17.2 Å². The topological polar surface area (TPSA) is 124 Å². The number of Topliss-reactive ketones (excluding diaryl/α,β-unsaturated/α-hetero) is 1. The van der Waals surface area contributed by atoms with Gasteiger partial charge in [0.25, 0.3) is 5.56 Å². The van der Waals surface area contributed by atoms with E-state index in [1.165, 1.54) is 23.7 Å². The number of aromatic nitrogens is 2. The number of hydrogen-bond donors (Lipinski definition) is 2. The number of allylic oxidation sites excluding steroid dienone is 1. The fraction of sp³-hybridized carbons (Fsp3) is 0.0909. The van der Waals surface area contributed by atoms with Crippen molar-refractivity contribution in [1.29, 1.82) is 0 Å². The van der Waals surface area contributed by atoms with E-state index < -0.39 is 23.1 Å². The molecule has 30 heavy (non-hydrogen) atoms. The van der Waals surface area contributed by atoms with Crippen molar-refractivity contribution in [3.8, 4) is 0 Å². The molecule has 1 aliphatic carbocycles. The van der Waals surface area contributed by atoms with Crippen molar-refractivity contribution in [3.05, 3.63) is 103 Å². The smallest absolute Gasteiger partial charge is 0.329 e. The van der Waals surface area contributed by atoms with Crippen LogP contribution in [-0.2, 0) is 7.05 Å². The second-order valence-electron chi connectivity index (χ2n) is 7.21. The molecule has 148 valence electrons. The zero-order chi connectivity index (χ0) is 21.2. The molecule has 3 aromatic rings. The molecule has 0 amide bonds. The van der Waals surface area contributed by atoms with Crippen molar-refractivity contribution in [2.45, 2.75) is 5.92 Å². The number of carboxylic acid groups (broad SMARTS) is 1. The lowest BCUT2D eigenvalue weighted by atomic mass is 9.81. The standard InChI is InChI=1S/C22H15N3O5/c1-25-19-16(20(27)24-22(25)30)14(10-6-8-11(9-7-10)21(28)29)15-17(23-19)12-4-2-3-5-13(12)18(15)26/h2-9,14,23H,1H3,(H,28,29)(H,24,27,30)/p-1/t14-/m1/s1. The van der Waals surface area contributed by atoms with Gasteiger partial charge in [0, 0.05) is 29.7 Å². The molecule has 8 heteroatoms. The number of aromatic carboxylic acids is 1. The first-order valence-corrected chi connectivity index (χ1v) is 9.18. The Morgan fingerprint density at radius 1 is 1.00 bits per heavy atom. The van der Waals surface area contributed by atoms with Gasteiger partial charge in [-0.05, 0) is 11.1 Å². The molecule has 0 spiro atoms. The first kappa shape index (κ1) is 17.9. The predicted molar refractivity (Wildman–Crippen MR) is 106 cm³/mol. The molecule has 0 saturated heterocycles. The summed E-state index contributed by atoms with van der Waals surface area (Å²) in [5, 5.41) is 14.3. The SMILES string of the molecule is Cn1c2c(c(=O)[nH]c1=O)[C@H](c1ccc(C(=O)[O-])cc1)C1=C(N2)c2ccccc2C1=O. The predicted octanol–water partition coefficient (Wildman–Crippen LogP) is 0.602. The highest BCUT2D eigenvalue weighted by atomic mass is 16.4. The number of aromatic amines is 1. The van der Waals surface area contributed by atoms with Crippen LogP contribution in [0.3, 0.4) is 0 Å². The summed E-state index contributed by atoms with van der Waals surface area (Å²) in [5.74, 6) is -2.03. The fourth-order valence-corrected chi connectivity index (χ4v) is 4.18. The van der Waals surface area contributed by atoms with Gasteiger partial charge < -0.3 is 15.2 Å². The van der Waals surface area contributed by atoms with Gasteiger partial charge in [0.1, 0.15) is 5.82 Å². The number of carbonyl (C=O) groups excluding carboxylic acids is 2. The normalized spacial score (nSPS) is 16.6. The average molecular weight is 400 g/mol. The highest BCUT2D eigenvalue weighted by Crippen LogP contribution is 2.47. The van der Waals surface area contributed by atoms with Gasteiger partial charge in [0.15, 0.2) is 5.78 Å². The quantitative estimate of drug-likeness (QED) is 0.649. The van der Waals surface area contributed by atoms with Crippen LogP contribution in [0.2, 0.25) is 0 Å². The molecule has 1 aromatic heterocycles. The van der Waals surface area contributed by atoms with Crippen LogP contribution in [-0.4, -0.2) is 21.3 Å². The molecule has 1 atom stereocenters. The monoisotopic (exact) mass is 400 g/mol. The van der Waals surface area contributed by atoms with Gasteiger partial charge in [-0.15, -0.1) is 0 Å². The summed E-state index contributed by atoms with van der Waals surface area (Å²) in [6, 6.07) is 12.9. The number of nitrogens with zero attached hydrogens (tertiary/aromatic N) is 1. The summed E-state index contributed by atoms with van der Waals surface area (Å²) < 4.78 is 1.29. The van der Waals surface area contributed by atoms with Crippen LogP contribution >= 0.6 is 0 Å². The minimum Gasteiger partial charge on any atom is -0.545 e. The van der Waals surface area contributed by atoms with Crippen LogP contribution in [0.1, 0.15) is 43.3 Å². The molecule has 2 heterocycles. The van der Waals surface area contributed by atoms with Crippen LogP contribution in [0.5, 0.6) is 0 Å². The van der Waals surface area contributed by atoms with E-state index in [4.69, 9.17) is 0 Å². The number of hydrogen-bond acceptors (Lipinski definition) is 6. The van der Waals surface area contributed by atoms with Gasteiger partial charge in [-0.25, -0.2) is 4.79 Å². The van der Waals surface area contributed by atoms with E-state index in [-0.39, 0.29) is 16.9 Å². The summed E-state index contributed by atoms with van der Waals surface area (Å²) in [7, 11) is 1.52. The lowest BCUT2D eigenvalue weighted by Crippen LogP contribution is -2.37. The molecule has 8 nitrogen and oxygen atoms in total. The maximum atomic E-state index is 13.3. The molecule has 0 saturated carbocycles. The molecular weight excluding hydrogens is 386 g/mol. The van der Waals surface area contributed by atoms with E-state index in [1.807, 2.05) is 0 Å². The maximum Gasteiger partial charge on any atom is 0.329 e.